The number of hydrogen-bond acceptors (Lipinski definition) is 4. The highest BCUT2D eigenvalue weighted by atomic mass is 19.1. The van der Waals surface area contributed by atoms with Crippen LogP contribution >= 0.6 is 0 Å². The van der Waals surface area contributed by atoms with Crippen LogP contribution in [-0.2, 0) is 14.9 Å². The summed E-state index contributed by atoms with van der Waals surface area (Å²) in [7, 11) is 1.58. The molecular formula is C20H28F2N4O3. The Kier molecular flexibility index (Phi) is 7.02. The Labute approximate surface area is 169 Å². The third-order valence-electron chi connectivity index (χ3n) is 5.58. The number of hydrogen-bond donors (Lipinski definition) is 2. The van der Waals surface area contributed by atoms with E-state index in [0.717, 1.165) is 0 Å². The molecule has 160 valence electrons. The van der Waals surface area contributed by atoms with Crippen LogP contribution in [0.25, 0.3) is 0 Å². The number of nitrogens with one attached hydrogen (secondary N) is 2. The summed E-state index contributed by atoms with van der Waals surface area (Å²) in [6.45, 7) is 3.63. The molecule has 0 bridgehead atoms. The molecule has 29 heavy (non-hydrogen) atoms. The van der Waals surface area contributed by atoms with Crippen LogP contribution in [0.15, 0.2) is 18.2 Å². The quantitative estimate of drug-likeness (QED) is 0.630. The lowest BCUT2D eigenvalue weighted by atomic mass is 9.94. The first-order chi connectivity index (χ1) is 13.9. The molecule has 1 saturated heterocycles. The van der Waals surface area contributed by atoms with Crippen molar-refractivity contribution >= 4 is 11.9 Å². The number of halogens is 2. The van der Waals surface area contributed by atoms with Crippen molar-refractivity contribution in [1.82, 2.24) is 20.4 Å². The van der Waals surface area contributed by atoms with E-state index in [0.29, 0.717) is 52.2 Å². The second-order valence-corrected chi connectivity index (χ2v) is 7.64. The van der Waals surface area contributed by atoms with E-state index >= 15 is 0 Å². The zero-order chi connectivity index (χ0) is 20.9. The van der Waals surface area contributed by atoms with Gasteiger partial charge < -0.3 is 20.3 Å². The Hall–Kier alpha value is -2.26. The molecule has 0 unspecified atom stereocenters. The molecule has 3 rings (SSSR count). The van der Waals surface area contributed by atoms with Gasteiger partial charge in [-0.2, -0.15) is 0 Å². The average Bonchev–Trinajstić information content (AvgIpc) is 3.47. The summed E-state index contributed by atoms with van der Waals surface area (Å²) in [5.74, 6) is -1.19. The maximum absolute atomic E-state index is 14.1. The number of amides is 3. The highest BCUT2D eigenvalue weighted by molar-refractivity contribution is 5.78. The van der Waals surface area contributed by atoms with Gasteiger partial charge in [-0.25, -0.2) is 13.6 Å². The van der Waals surface area contributed by atoms with E-state index in [9.17, 15) is 18.4 Å². The van der Waals surface area contributed by atoms with E-state index in [1.165, 1.54) is 18.2 Å². The summed E-state index contributed by atoms with van der Waals surface area (Å²) in [6, 6.07) is 3.62. The summed E-state index contributed by atoms with van der Waals surface area (Å²) in [4.78, 5) is 28.0. The minimum atomic E-state index is -0.646. The summed E-state index contributed by atoms with van der Waals surface area (Å²) >= 11 is 0. The fourth-order valence-corrected chi connectivity index (χ4v) is 3.69. The average molecular weight is 410 g/mol. The highest BCUT2D eigenvalue weighted by Crippen LogP contribution is 2.49. The minimum Gasteiger partial charge on any atom is -0.383 e. The molecule has 1 aliphatic carbocycles. The fourth-order valence-electron chi connectivity index (χ4n) is 3.69. The maximum Gasteiger partial charge on any atom is 0.317 e. The van der Waals surface area contributed by atoms with Crippen molar-refractivity contribution in [2.45, 2.75) is 18.3 Å². The van der Waals surface area contributed by atoms with Crippen molar-refractivity contribution in [3.63, 3.8) is 0 Å². The van der Waals surface area contributed by atoms with Crippen LogP contribution in [0.2, 0.25) is 0 Å². The minimum absolute atomic E-state index is 0.0671. The first-order valence-corrected chi connectivity index (χ1v) is 9.90. The van der Waals surface area contributed by atoms with Gasteiger partial charge in [0.1, 0.15) is 11.6 Å². The van der Waals surface area contributed by atoms with Gasteiger partial charge in [0.15, 0.2) is 0 Å². The molecule has 9 heteroatoms. The number of methoxy groups -OCH3 is 1. The molecule has 0 radical (unpaired) electrons. The number of ether oxygens (including phenoxy) is 1. The van der Waals surface area contributed by atoms with Crippen molar-refractivity contribution in [2.75, 3.05) is 59.5 Å². The van der Waals surface area contributed by atoms with Crippen LogP contribution in [0.5, 0.6) is 0 Å². The van der Waals surface area contributed by atoms with Gasteiger partial charge in [-0.1, -0.05) is 6.07 Å². The third kappa shape index (κ3) is 5.42. The smallest absolute Gasteiger partial charge is 0.317 e. The van der Waals surface area contributed by atoms with Crippen LogP contribution in [0.3, 0.4) is 0 Å². The van der Waals surface area contributed by atoms with Crippen molar-refractivity contribution in [2.24, 2.45) is 0 Å². The Morgan fingerprint density at radius 1 is 1.10 bits per heavy atom. The number of carbonyl (C=O) groups is 2. The topological polar surface area (TPSA) is 73.9 Å². The van der Waals surface area contributed by atoms with Gasteiger partial charge in [0, 0.05) is 57.4 Å². The lowest BCUT2D eigenvalue weighted by Gasteiger charge is -2.34. The molecule has 0 spiro atoms. The number of piperazine rings is 1. The third-order valence-corrected chi connectivity index (χ3v) is 5.58. The Morgan fingerprint density at radius 3 is 2.34 bits per heavy atom. The van der Waals surface area contributed by atoms with Crippen LogP contribution in [0.1, 0.15) is 18.4 Å². The van der Waals surface area contributed by atoms with E-state index in [1.807, 2.05) is 4.90 Å². The van der Waals surface area contributed by atoms with Gasteiger partial charge in [0.25, 0.3) is 0 Å². The van der Waals surface area contributed by atoms with Crippen LogP contribution < -0.4 is 10.6 Å². The predicted molar refractivity (Wildman–Crippen MR) is 104 cm³/mol. The Bertz CT molecular complexity index is 714. The predicted octanol–water partition coefficient (Wildman–Crippen LogP) is 1.09. The molecule has 7 nitrogen and oxygen atoms in total. The lowest BCUT2D eigenvalue weighted by Crippen LogP contribution is -2.54. The normalized spacial score (nSPS) is 18.4. The Balaban J connectivity index is 1.43. The summed E-state index contributed by atoms with van der Waals surface area (Å²) in [5, 5.41) is 5.61. The molecule has 1 aromatic carbocycles. The number of urea groups is 1. The molecule has 1 aromatic rings. The molecule has 2 aliphatic rings. The monoisotopic (exact) mass is 410 g/mol. The molecule has 0 atom stereocenters. The molecule has 1 heterocycles. The molecule has 2 N–H and O–H groups in total. The van der Waals surface area contributed by atoms with E-state index in [4.69, 9.17) is 4.74 Å². The zero-order valence-corrected chi connectivity index (χ0v) is 16.7. The maximum atomic E-state index is 14.1. The standard InChI is InChI=1S/C20H28F2N4O3/c1-29-12-7-23-17(27)13-25-8-10-26(11-9-25)19(28)24-14-20(5-6-20)18-15(21)3-2-4-16(18)22/h2-4H,5-14H2,1H3,(H,23,27)(H,24,28). The second kappa shape index (κ2) is 9.49. The lowest BCUT2D eigenvalue weighted by molar-refractivity contribution is -0.122. The van der Waals surface area contributed by atoms with Gasteiger partial charge in [0.05, 0.1) is 13.2 Å². The van der Waals surface area contributed by atoms with Crippen molar-refractivity contribution < 1.29 is 23.1 Å². The molecule has 1 saturated carbocycles. The van der Waals surface area contributed by atoms with E-state index in [2.05, 4.69) is 10.6 Å². The van der Waals surface area contributed by atoms with Crippen molar-refractivity contribution in [3.8, 4) is 0 Å². The fraction of sp³-hybridized carbons (Fsp3) is 0.600. The number of nitrogens with zero attached hydrogens (tertiary/aromatic N) is 2. The molecule has 0 aromatic heterocycles. The highest BCUT2D eigenvalue weighted by Gasteiger charge is 2.48. The van der Waals surface area contributed by atoms with Gasteiger partial charge >= 0.3 is 6.03 Å². The second-order valence-electron chi connectivity index (χ2n) is 7.64. The van der Waals surface area contributed by atoms with Crippen LogP contribution in [0, 0.1) is 11.6 Å². The first kappa shape index (κ1) is 21.4. The molecule has 3 amide bonds. The van der Waals surface area contributed by atoms with E-state index < -0.39 is 17.0 Å². The summed E-state index contributed by atoms with van der Waals surface area (Å²) in [5.41, 5.74) is -0.572. The van der Waals surface area contributed by atoms with Gasteiger partial charge in [-0.15, -0.1) is 0 Å². The number of rotatable bonds is 8. The largest absolute Gasteiger partial charge is 0.383 e. The van der Waals surface area contributed by atoms with E-state index in [-0.39, 0.29) is 30.6 Å². The number of benzene rings is 1. The molecular weight excluding hydrogens is 382 g/mol. The van der Waals surface area contributed by atoms with Gasteiger partial charge in [0.2, 0.25) is 5.91 Å². The van der Waals surface area contributed by atoms with E-state index in [1.54, 1.807) is 12.0 Å². The van der Waals surface area contributed by atoms with Gasteiger partial charge in [-0.05, 0) is 25.0 Å². The summed E-state index contributed by atoms with van der Waals surface area (Å²) in [6.07, 6.45) is 1.30. The molecule has 2 fully saturated rings. The van der Waals surface area contributed by atoms with Gasteiger partial charge in [-0.3, -0.25) is 9.69 Å². The SMILES string of the molecule is COCCNC(=O)CN1CCN(C(=O)NCC2(c3c(F)cccc3F)CC2)CC1. The first-order valence-electron chi connectivity index (χ1n) is 9.90. The molecule has 1 aliphatic heterocycles. The van der Waals surface area contributed by atoms with Crippen LogP contribution in [0.4, 0.5) is 13.6 Å². The number of carbonyl (C=O) groups excluding carboxylic acids is 2. The van der Waals surface area contributed by atoms with Crippen LogP contribution in [-0.4, -0.2) is 81.3 Å². The summed E-state index contributed by atoms with van der Waals surface area (Å²) < 4.78 is 33.1. The van der Waals surface area contributed by atoms with Crippen molar-refractivity contribution in [1.29, 1.82) is 0 Å². The zero-order valence-electron chi connectivity index (χ0n) is 16.7. The Morgan fingerprint density at radius 2 is 1.76 bits per heavy atom. The van der Waals surface area contributed by atoms with Crippen molar-refractivity contribution in [3.05, 3.63) is 35.4 Å².